The van der Waals surface area contributed by atoms with Crippen molar-refractivity contribution in [1.29, 1.82) is 0 Å². The van der Waals surface area contributed by atoms with Gasteiger partial charge in [-0.1, -0.05) is 41.9 Å². The fourth-order valence-electron chi connectivity index (χ4n) is 2.57. The van der Waals surface area contributed by atoms with Gasteiger partial charge >= 0.3 is 0 Å². The number of benzene rings is 2. The lowest BCUT2D eigenvalue weighted by molar-refractivity contribution is 0.445. The van der Waals surface area contributed by atoms with Gasteiger partial charge in [-0.05, 0) is 48.4 Å². The zero-order chi connectivity index (χ0) is 20.1. The molecule has 0 aliphatic carbocycles. The van der Waals surface area contributed by atoms with Crippen LogP contribution in [0.1, 0.15) is 19.4 Å². The molecule has 2 rings (SSSR count). The van der Waals surface area contributed by atoms with Crippen LogP contribution in [0.5, 0.6) is 0 Å². The van der Waals surface area contributed by atoms with Crippen LogP contribution < -0.4 is 4.72 Å². The van der Waals surface area contributed by atoms with E-state index in [0.717, 1.165) is 10.0 Å². The topological polar surface area (TPSA) is 83.6 Å². The van der Waals surface area contributed by atoms with Gasteiger partial charge in [0, 0.05) is 24.1 Å². The summed E-state index contributed by atoms with van der Waals surface area (Å²) in [4.78, 5) is 0.441. The molecule has 148 valence electrons. The second-order valence-corrected chi connectivity index (χ2v) is 10.5. The van der Waals surface area contributed by atoms with Crippen molar-refractivity contribution in [2.75, 3.05) is 19.6 Å². The average Bonchev–Trinajstić information content (AvgIpc) is 2.63. The normalized spacial score (nSPS) is 12.4. The van der Waals surface area contributed by atoms with Crippen LogP contribution in [-0.4, -0.2) is 40.8 Å². The average molecular weight is 475 g/mol. The maximum Gasteiger partial charge on any atom is 0.243 e. The third kappa shape index (κ3) is 5.61. The second kappa shape index (κ2) is 9.29. The van der Waals surface area contributed by atoms with Crippen molar-refractivity contribution in [2.24, 2.45) is 0 Å². The Labute approximate surface area is 169 Å². The SMILES string of the molecule is CCN(CC)S(=O)(=O)c1ccc(CCNS(=O)(=O)c2ccc(Br)cc2)cc1. The molecule has 2 aromatic rings. The van der Waals surface area contributed by atoms with Crippen LogP contribution in [0.3, 0.4) is 0 Å². The number of halogens is 1. The fourth-order valence-corrected chi connectivity index (χ4v) is 5.32. The number of nitrogens with one attached hydrogen (secondary N) is 1. The lowest BCUT2D eigenvalue weighted by Gasteiger charge is -2.18. The van der Waals surface area contributed by atoms with Crippen LogP contribution in [0.2, 0.25) is 0 Å². The Hall–Kier alpha value is -1.26. The van der Waals surface area contributed by atoms with Gasteiger partial charge < -0.3 is 0 Å². The number of sulfonamides is 2. The minimum atomic E-state index is -3.57. The van der Waals surface area contributed by atoms with Crippen LogP contribution in [0.25, 0.3) is 0 Å². The summed E-state index contributed by atoms with van der Waals surface area (Å²) in [6.07, 6.45) is 0.460. The van der Waals surface area contributed by atoms with Crippen molar-refractivity contribution in [3.8, 4) is 0 Å². The second-order valence-electron chi connectivity index (χ2n) is 5.83. The van der Waals surface area contributed by atoms with Gasteiger partial charge in [-0.3, -0.25) is 0 Å². The van der Waals surface area contributed by atoms with Crippen molar-refractivity contribution < 1.29 is 16.8 Å². The van der Waals surface area contributed by atoms with Gasteiger partial charge in [0.2, 0.25) is 20.0 Å². The van der Waals surface area contributed by atoms with E-state index in [2.05, 4.69) is 20.7 Å². The smallest absolute Gasteiger partial charge is 0.211 e. The highest BCUT2D eigenvalue weighted by molar-refractivity contribution is 9.10. The van der Waals surface area contributed by atoms with Crippen molar-refractivity contribution in [1.82, 2.24) is 9.03 Å². The molecule has 0 aromatic heterocycles. The molecule has 0 heterocycles. The highest BCUT2D eigenvalue weighted by Crippen LogP contribution is 2.17. The Morgan fingerprint density at radius 2 is 1.37 bits per heavy atom. The molecule has 0 saturated heterocycles. The molecule has 0 spiro atoms. The van der Waals surface area contributed by atoms with E-state index in [1.165, 1.54) is 16.4 Å². The van der Waals surface area contributed by atoms with Gasteiger partial charge in [-0.15, -0.1) is 0 Å². The molecule has 0 aliphatic heterocycles. The van der Waals surface area contributed by atoms with Crippen LogP contribution in [0.15, 0.2) is 62.8 Å². The van der Waals surface area contributed by atoms with E-state index in [0.29, 0.717) is 19.5 Å². The summed E-state index contributed by atoms with van der Waals surface area (Å²) in [5, 5.41) is 0. The maximum absolute atomic E-state index is 12.5. The Bertz CT molecular complexity index is 953. The van der Waals surface area contributed by atoms with Gasteiger partial charge in [0.25, 0.3) is 0 Å². The summed E-state index contributed by atoms with van der Waals surface area (Å²) in [6.45, 7) is 4.65. The predicted octanol–water partition coefficient (Wildman–Crippen LogP) is 3.00. The first-order valence-corrected chi connectivity index (χ1v) is 12.3. The highest BCUT2D eigenvalue weighted by atomic mass is 79.9. The quantitative estimate of drug-likeness (QED) is 0.605. The number of nitrogens with zero attached hydrogens (tertiary/aromatic N) is 1. The first kappa shape index (κ1) is 22.0. The van der Waals surface area contributed by atoms with E-state index in [1.807, 2.05) is 0 Å². The first-order chi connectivity index (χ1) is 12.7. The van der Waals surface area contributed by atoms with Crippen LogP contribution in [0, 0.1) is 0 Å². The Kier molecular flexibility index (Phi) is 7.58. The molecular formula is C18H23BrN2O4S2. The summed E-state index contributed by atoms with van der Waals surface area (Å²) in [5.41, 5.74) is 0.854. The van der Waals surface area contributed by atoms with Crippen molar-refractivity contribution in [2.45, 2.75) is 30.1 Å². The lowest BCUT2D eigenvalue weighted by atomic mass is 10.2. The predicted molar refractivity (Wildman–Crippen MR) is 110 cm³/mol. The Morgan fingerprint density at radius 1 is 0.852 bits per heavy atom. The van der Waals surface area contributed by atoms with E-state index in [9.17, 15) is 16.8 Å². The molecule has 9 heteroatoms. The molecule has 0 atom stereocenters. The van der Waals surface area contributed by atoms with Crippen molar-refractivity contribution in [3.05, 3.63) is 58.6 Å². The zero-order valence-electron chi connectivity index (χ0n) is 15.2. The van der Waals surface area contributed by atoms with E-state index in [4.69, 9.17) is 0 Å². The largest absolute Gasteiger partial charge is 0.243 e. The molecule has 0 radical (unpaired) electrons. The minimum Gasteiger partial charge on any atom is -0.211 e. The highest BCUT2D eigenvalue weighted by Gasteiger charge is 2.21. The van der Waals surface area contributed by atoms with Crippen molar-refractivity contribution in [3.63, 3.8) is 0 Å². The monoisotopic (exact) mass is 474 g/mol. The molecule has 6 nitrogen and oxygen atoms in total. The van der Waals surface area contributed by atoms with Crippen LogP contribution in [0.4, 0.5) is 0 Å². The fraction of sp³-hybridized carbons (Fsp3) is 0.333. The molecular weight excluding hydrogens is 452 g/mol. The Morgan fingerprint density at radius 3 is 1.89 bits per heavy atom. The molecule has 0 unspecified atom stereocenters. The summed E-state index contributed by atoms with van der Waals surface area (Å²) >= 11 is 3.27. The number of rotatable bonds is 9. The summed E-state index contributed by atoms with van der Waals surface area (Å²) in [7, 11) is -7.05. The summed E-state index contributed by atoms with van der Waals surface area (Å²) in [5.74, 6) is 0. The standard InChI is InChI=1S/C18H23BrN2O4S2/c1-3-21(4-2)27(24,25)18-9-5-15(6-10-18)13-14-20-26(22,23)17-11-7-16(19)8-12-17/h5-12,20H,3-4,13-14H2,1-2H3. The molecule has 1 N–H and O–H groups in total. The molecule has 0 saturated carbocycles. The molecule has 0 fully saturated rings. The molecule has 0 amide bonds. The summed E-state index contributed by atoms with van der Waals surface area (Å²) in [6, 6.07) is 12.9. The van der Waals surface area contributed by atoms with E-state index < -0.39 is 20.0 Å². The van der Waals surface area contributed by atoms with Gasteiger partial charge in [-0.25, -0.2) is 21.6 Å². The van der Waals surface area contributed by atoms with Gasteiger partial charge in [0.15, 0.2) is 0 Å². The van der Waals surface area contributed by atoms with E-state index >= 15 is 0 Å². The van der Waals surface area contributed by atoms with E-state index in [1.54, 1.807) is 50.2 Å². The lowest BCUT2D eigenvalue weighted by Crippen LogP contribution is -2.30. The molecule has 0 aliphatic rings. The molecule has 0 bridgehead atoms. The zero-order valence-corrected chi connectivity index (χ0v) is 18.4. The van der Waals surface area contributed by atoms with Crippen LogP contribution in [-0.2, 0) is 26.5 Å². The number of hydrogen-bond acceptors (Lipinski definition) is 4. The first-order valence-electron chi connectivity index (χ1n) is 8.55. The minimum absolute atomic E-state index is 0.200. The van der Waals surface area contributed by atoms with Gasteiger partial charge in [0.1, 0.15) is 0 Å². The maximum atomic E-state index is 12.5. The summed E-state index contributed by atoms with van der Waals surface area (Å²) < 4.78 is 54.2. The van der Waals surface area contributed by atoms with E-state index in [-0.39, 0.29) is 16.3 Å². The Balaban J connectivity index is 2.00. The molecule has 27 heavy (non-hydrogen) atoms. The molecule has 2 aromatic carbocycles. The van der Waals surface area contributed by atoms with Crippen LogP contribution >= 0.6 is 15.9 Å². The number of hydrogen-bond donors (Lipinski definition) is 1. The third-order valence-corrected chi connectivity index (χ3v) is 8.17. The van der Waals surface area contributed by atoms with Crippen molar-refractivity contribution >= 4 is 36.0 Å². The third-order valence-electron chi connectivity index (χ3n) is 4.10. The van der Waals surface area contributed by atoms with Gasteiger partial charge in [0.05, 0.1) is 9.79 Å². The van der Waals surface area contributed by atoms with Gasteiger partial charge in [-0.2, -0.15) is 4.31 Å².